The zero-order valence-electron chi connectivity index (χ0n) is 13.8. The number of thiophene rings is 1. The van der Waals surface area contributed by atoms with Crippen molar-refractivity contribution in [3.63, 3.8) is 0 Å². The van der Waals surface area contributed by atoms with E-state index < -0.39 is 11.9 Å². The van der Waals surface area contributed by atoms with E-state index >= 15 is 0 Å². The van der Waals surface area contributed by atoms with E-state index in [2.05, 4.69) is 10.6 Å². The van der Waals surface area contributed by atoms with Gasteiger partial charge < -0.3 is 10.1 Å². The number of rotatable bonds is 8. The van der Waals surface area contributed by atoms with Crippen molar-refractivity contribution < 1.29 is 18.7 Å². The smallest absolute Gasteiger partial charge is 0.321 e. The van der Waals surface area contributed by atoms with E-state index in [0.717, 1.165) is 4.88 Å². The zero-order valence-corrected chi connectivity index (χ0v) is 14.6. The second kappa shape index (κ2) is 9.75. The highest BCUT2D eigenvalue weighted by atomic mass is 32.1. The molecule has 3 amide bonds. The summed E-state index contributed by atoms with van der Waals surface area (Å²) in [5, 5.41) is 6.82. The van der Waals surface area contributed by atoms with Crippen molar-refractivity contribution in [3.8, 4) is 5.75 Å². The number of nitrogens with one attached hydrogen (secondary N) is 2. The Labute approximate surface area is 149 Å². The Morgan fingerprint density at radius 1 is 1.24 bits per heavy atom. The van der Waals surface area contributed by atoms with E-state index in [1.165, 1.54) is 23.5 Å². The highest BCUT2D eigenvalue weighted by Gasteiger charge is 2.10. The number of hydrogen-bond donors (Lipinski definition) is 2. The van der Waals surface area contributed by atoms with Crippen LogP contribution in [0.2, 0.25) is 0 Å². The summed E-state index contributed by atoms with van der Waals surface area (Å²) in [5.74, 6) is -0.154. The van der Waals surface area contributed by atoms with Gasteiger partial charge in [-0.15, -0.1) is 11.3 Å². The van der Waals surface area contributed by atoms with Gasteiger partial charge in [0.15, 0.2) is 0 Å². The Kier molecular flexibility index (Phi) is 7.36. The van der Waals surface area contributed by atoms with Crippen molar-refractivity contribution in [1.82, 2.24) is 15.5 Å². The van der Waals surface area contributed by atoms with Crippen molar-refractivity contribution in [2.75, 3.05) is 26.7 Å². The lowest BCUT2D eigenvalue weighted by atomic mass is 10.3. The fourth-order valence-corrected chi connectivity index (χ4v) is 2.61. The predicted octanol–water partition coefficient (Wildman–Crippen LogP) is 2.22. The highest BCUT2D eigenvalue weighted by molar-refractivity contribution is 7.09. The van der Waals surface area contributed by atoms with Crippen LogP contribution in [0.5, 0.6) is 5.75 Å². The van der Waals surface area contributed by atoms with Gasteiger partial charge in [-0.2, -0.15) is 0 Å². The van der Waals surface area contributed by atoms with Crippen LogP contribution in [0, 0.1) is 5.82 Å². The molecule has 0 unspecified atom stereocenters. The maximum Gasteiger partial charge on any atom is 0.321 e. The summed E-state index contributed by atoms with van der Waals surface area (Å²) in [4.78, 5) is 26.2. The van der Waals surface area contributed by atoms with Crippen LogP contribution in [-0.2, 0) is 11.3 Å². The van der Waals surface area contributed by atoms with Crippen LogP contribution in [0.15, 0.2) is 41.8 Å². The third-order valence-electron chi connectivity index (χ3n) is 3.23. The number of carbonyl (C=O) groups is 2. The van der Waals surface area contributed by atoms with Crippen molar-refractivity contribution in [2.45, 2.75) is 6.54 Å². The number of benzene rings is 1. The third kappa shape index (κ3) is 7.32. The van der Waals surface area contributed by atoms with Crippen LogP contribution in [0.25, 0.3) is 0 Å². The van der Waals surface area contributed by atoms with E-state index in [0.29, 0.717) is 25.4 Å². The van der Waals surface area contributed by atoms with Crippen LogP contribution in [-0.4, -0.2) is 43.6 Å². The molecule has 1 aromatic carbocycles. The van der Waals surface area contributed by atoms with Gasteiger partial charge in [0, 0.05) is 11.4 Å². The van der Waals surface area contributed by atoms with E-state index in [-0.39, 0.29) is 12.4 Å². The number of urea groups is 1. The zero-order chi connectivity index (χ0) is 18.1. The Morgan fingerprint density at radius 2 is 2.00 bits per heavy atom. The molecule has 2 N–H and O–H groups in total. The Balaban J connectivity index is 1.60. The van der Waals surface area contributed by atoms with E-state index in [1.807, 2.05) is 17.5 Å². The third-order valence-corrected chi connectivity index (χ3v) is 4.10. The van der Waals surface area contributed by atoms with Gasteiger partial charge in [-0.05, 0) is 42.8 Å². The molecule has 2 aromatic rings. The normalized spacial score (nSPS) is 10.5. The van der Waals surface area contributed by atoms with Crippen LogP contribution < -0.4 is 15.4 Å². The lowest BCUT2D eigenvalue weighted by Gasteiger charge is -2.16. The molecular weight excluding hydrogens is 345 g/mol. The van der Waals surface area contributed by atoms with Crippen molar-refractivity contribution in [1.29, 1.82) is 0 Å². The first-order valence-corrected chi connectivity index (χ1v) is 8.58. The molecule has 1 aromatic heterocycles. The monoisotopic (exact) mass is 365 g/mol. The van der Waals surface area contributed by atoms with Gasteiger partial charge in [0.2, 0.25) is 5.91 Å². The molecule has 0 aliphatic carbocycles. The van der Waals surface area contributed by atoms with Crippen molar-refractivity contribution >= 4 is 23.3 Å². The number of carbonyl (C=O) groups excluding carboxylic acids is 2. The SMILES string of the molecule is CN(CCOc1ccc(F)cc1)CC(=O)NC(=O)NCc1cccs1. The summed E-state index contributed by atoms with van der Waals surface area (Å²) in [5.41, 5.74) is 0. The fraction of sp³-hybridized carbons (Fsp3) is 0.294. The van der Waals surface area contributed by atoms with Gasteiger partial charge in [0.1, 0.15) is 18.2 Å². The first kappa shape index (κ1) is 18.9. The Bertz CT molecular complexity index is 677. The largest absolute Gasteiger partial charge is 0.492 e. The summed E-state index contributed by atoms with van der Waals surface area (Å²) in [7, 11) is 1.75. The summed E-state index contributed by atoms with van der Waals surface area (Å²) >= 11 is 1.53. The standard InChI is InChI=1S/C17H20FN3O3S/c1-21(8-9-24-14-6-4-13(18)5-7-14)12-16(22)20-17(23)19-11-15-3-2-10-25-15/h2-7,10H,8-9,11-12H2,1H3,(H2,19,20,22,23). The van der Waals surface area contributed by atoms with E-state index in [4.69, 9.17) is 4.74 Å². The van der Waals surface area contributed by atoms with Gasteiger partial charge in [-0.1, -0.05) is 6.07 Å². The summed E-state index contributed by atoms with van der Waals surface area (Å²) < 4.78 is 18.2. The minimum atomic E-state index is -0.519. The molecule has 0 fully saturated rings. The van der Waals surface area contributed by atoms with Gasteiger partial charge in [0.25, 0.3) is 0 Å². The first-order valence-electron chi connectivity index (χ1n) is 7.70. The van der Waals surface area contributed by atoms with Crippen LogP contribution >= 0.6 is 11.3 Å². The lowest BCUT2D eigenvalue weighted by Crippen LogP contribution is -2.44. The van der Waals surface area contributed by atoms with Gasteiger partial charge in [-0.25, -0.2) is 9.18 Å². The number of ether oxygens (including phenoxy) is 1. The summed E-state index contributed by atoms with van der Waals surface area (Å²) in [6.45, 7) is 1.29. The molecule has 6 nitrogen and oxygen atoms in total. The molecule has 0 aliphatic rings. The number of halogens is 1. The maximum absolute atomic E-state index is 12.8. The van der Waals surface area contributed by atoms with Crippen LogP contribution in [0.3, 0.4) is 0 Å². The Hall–Kier alpha value is -2.45. The molecular formula is C17H20FN3O3S. The average molecular weight is 365 g/mol. The molecule has 0 spiro atoms. The molecule has 1 heterocycles. The topological polar surface area (TPSA) is 70.7 Å². The van der Waals surface area contributed by atoms with Crippen LogP contribution in [0.4, 0.5) is 9.18 Å². The second-order valence-electron chi connectivity index (χ2n) is 5.35. The molecule has 25 heavy (non-hydrogen) atoms. The minimum absolute atomic E-state index is 0.0687. The molecule has 0 saturated heterocycles. The molecule has 0 aliphatic heterocycles. The molecule has 134 valence electrons. The van der Waals surface area contributed by atoms with Crippen molar-refractivity contribution in [2.24, 2.45) is 0 Å². The van der Waals surface area contributed by atoms with Crippen molar-refractivity contribution in [3.05, 3.63) is 52.5 Å². The molecule has 0 saturated carbocycles. The molecule has 0 atom stereocenters. The molecule has 2 rings (SSSR count). The highest BCUT2D eigenvalue weighted by Crippen LogP contribution is 2.10. The van der Waals surface area contributed by atoms with E-state index in [1.54, 1.807) is 24.1 Å². The number of likely N-dealkylation sites (N-methyl/N-ethyl adjacent to an activating group) is 1. The number of imide groups is 1. The molecule has 8 heteroatoms. The first-order chi connectivity index (χ1) is 12.0. The van der Waals surface area contributed by atoms with Gasteiger partial charge >= 0.3 is 6.03 Å². The number of hydrogen-bond acceptors (Lipinski definition) is 5. The summed E-state index contributed by atoms with van der Waals surface area (Å²) in [6, 6.07) is 9.01. The average Bonchev–Trinajstić information content (AvgIpc) is 3.08. The maximum atomic E-state index is 12.8. The molecule has 0 bridgehead atoms. The van der Waals surface area contributed by atoms with E-state index in [9.17, 15) is 14.0 Å². The van der Waals surface area contributed by atoms with Gasteiger partial charge in [0.05, 0.1) is 13.1 Å². The van der Waals surface area contributed by atoms with Crippen LogP contribution in [0.1, 0.15) is 4.88 Å². The molecule has 0 radical (unpaired) electrons. The quantitative estimate of drug-likeness (QED) is 0.753. The number of nitrogens with zero attached hydrogens (tertiary/aromatic N) is 1. The van der Waals surface area contributed by atoms with Gasteiger partial charge in [-0.3, -0.25) is 15.0 Å². The fourth-order valence-electron chi connectivity index (χ4n) is 1.97. The number of amides is 3. The lowest BCUT2D eigenvalue weighted by molar-refractivity contribution is -0.120. The minimum Gasteiger partial charge on any atom is -0.492 e. The Morgan fingerprint density at radius 3 is 2.68 bits per heavy atom. The summed E-state index contributed by atoms with van der Waals surface area (Å²) in [6.07, 6.45) is 0. The second-order valence-corrected chi connectivity index (χ2v) is 6.38. The predicted molar refractivity (Wildman–Crippen MR) is 94.1 cm³/mol.